The monoisotopic (exact) mass is 371 g/mol. The molecule has 0 N–H and O–H groups in total. The van der Waals surface area contributed by atoms with Crippen molar-refractivity contribution < 1.29 is 27.4 Å². The third-order valence-corrected chi connectivity index (χ3v) is 5.97. The molecule has 0 spiro atoms. The van der Waals surface area contributed by atoms with Crippen LogP contribution in [0.4, 0.5) is 0 Å². The van der Waals surface area contributed by atoms with E-state index in [-0.39, 0.29) is 24.0 Å². The van der Waals surface area contributed by atoms with E-state index in [0.29, 0.717) is 38.3 Å². The predicted molar refractivity (Wildman–Crippen MR) is 91.9 cm³/mol. The van der Waals surface area contributed by atoms with E-state index in [1.54, 1.807) is 12.1 Å². The van der Waals surface area contributed by atoms with E-state index in [9.17, 15) is 13.2 Å². The van der Waals surface area contributed by atoms with Gasteiger partial charge in [0.15, 0.2) is 0 Å². The van der Waals surface area contributed by atoms with Gasteiger partial charge in [-0.25, -0.2) is 8.42 Å². The van der Waals surface area contributed by atoms with E-state index in [1.165, 1.54) is 23.5 Å². The summed E-state index contributed by atoms with van der Waals surface area (Å²) in [6, 6.07) is 6.24. The summed E-state index contributed by atoms with van der Waals surface area (Å²) in [6.45, 7) is 3.51. The van der Waals surface area contributed by atoms with Gasteiger partial charge in [-0.1, -0.05) is 0 Å². The first-order valence-electron chi connectivity index (χ1n) is 8.37. The second kappa shape index (κ2) is 9.17. The number of sulfonamides is 1. The molecule has 8 heteroatoms. The van der Waals surface area contributed by atoms with Crippen LogP contribution in [0.1, 0.15) is 19.8 Å². The highest BCUT2D eigenvalue weighted by molar-refractivity contribution is 7.89. The molecule has 0 aromatic heterocycles. The number of rotatable bonds is 8. The summed E-state index contributed by atoms with van der Waals surface area (Å²) in [4.78, 5) is 12.3. The number of esters is 1. The molecule has 1 unspecified atom stereocenters. The Morgan fingerprint density at radius 1 is 1.24 bits per heavy atom. The maximum atomic E-state index is 12.8. The van der Waals surface area contributed by atoms with E-state index in [1.807, 2.05) is 6.92 Å². The van der Waals surface area contributed by atoms with Crippen molar-refractivity contribution in [2.24, 2.45) is 5.92 Å². The van der Waals surface area contributed by atoms with Gasteiger partial charge in [0, 0.05) is 19.7 Å². The molecule has 1 aromatic rings. The molecular weight excluding hydrogens is 346 g/mol. The Hall–Kier alpha value is -1.64. The first-order valence-corrected chi connectivity index (χ1v) is 9.81. The van der Waals surface area contributed by atoms with Crippen LogP contribution in [0.15, 0.2) is 29.2 Å². The van der Waals surface area contributed by atoms with E-state index < -0.39 is 15.9 Å². The third kappa shape index (κ3) is 5.17. The van der Waals surface area contributed by atoms with Crippen molar-refractivity contribution >= 4 is 16.0 Å². The van der Waals surface area contributed by atoms with Gasteiger partial charge in [-0.3, -0.25) is 4.79 Å². The van der Waals surface area contributed by atoms with Gasteiger partial charge < -0.3 is 14.2 Å². The maximum Gasteiger partial charge on any atom is 0.310 e. The molecule has 7 nitrogen and oxygen atoms in total. The molecule has 2 rings (SSSR count). The maximum absolute atomic E-state index is 12.8. The van der Waals surface area contributed by atoms with E-state index in [0.717, 1.165) is 0 Å². The van der Waals surface area contributed by atoms with E-state index >= 15 is 0 Å². The number of nitrogens with zero attached hydrogens (tertiary/aromatic N) is 1. The standard InChI is InChI=1S/C17H25NO6S/c1-3-23-11-12-24-17(19)14-5-4-10-18(13-14)25(20,21)16-8-6-15(22-2)7-9-16/h6-9,14H,3-5,10-13H2,1-2H3. The first-order chi connectivity index (χ1) is 12.0. The molecule has 1 saturated heterocycles. The molecule has 0 radical (unpaired) electrons. The number of piperidine rings is 1. The molecule has 1 fully saturated rings. The molecule has 0 bridgehead atoms. The molecule has 0 amide bonds. The van der Waals surface area contributed by atoms with E-state index in [2.05, 4.69) is 0 Å². The Bertz CT molecular complexity index is 658. The van der Waals surface area contributed by atoms with Crippen LogP contribution < -0.4 is 4.74 Å². The number of ether oxygens (including phenoxy) is 3. The Morgan fingerprint density at radius 2 is 1.96 bits per heavy atom. The predicted octanol–water partition coefficient (Wildman–Crippen LogP) is 1.68. The van der Waals surface area contributed by atoms with Crippen molar-refractivity contribution in [2.45, 2.75) is 24.7 Å². The molecule has 1 aromatic carbocycles. The van der Waals surface area contributed by atoms with Crippen LogP contribution >= 0.6 is 0 Å². The molecule has 1 aliphatic heterocycles. The van der Waals surface area contributed by atoms with Crippen molar-refractivity contribution in [3.8, 4) is 5.75 Å². The summed E-state index contributed by atoms with van der Waals surface area (Å²) >= 11 is 0. The highest BCUT2D eigenvalue weighted by Gasteiger charge is 2.34. The highest BCUT2D eigenvalue weighted by atomic mass is 32.2. The molecule has 140 valence electrons. The number of methoxy groups -OCH3 is 1. The van der Waals surface area contributed by atoms with Crippen molar-refractivity contribution in [3.63, 3.8) is 0 Å². The van der Waals surface area contributed by atoms with Crippen molar-refractivity contribution in [1.82, 2.24) is 4.31 Å². The van der Waals surface area contributed by atoms with Crippen LogP contribution in [0.2, 0.25) is 0 Å². The zero-order valence-corrected chi connectivity index (χ0v) is 15.5. The normalized spacial score (nSPS) is 18.7. The number of carbonyl (C=O) groups excluding carboxylic acids is 1. The second-order valence-corrected chi connectivity index (χ2v) is 7.68. The minimum Gasteiger partial charge on any atom is -0.497 e. The lowest BCUT2D eigenvalue weighted by molar-refractivity contribution is -0.151. The zero-order chi connectivity index (χ0) is 18.3. The lowest BCUT2D eigenvalue weighted by Gasteiger charge is -2.30. The average molecular weight is 371 g/mol. The van der Waals surface area contributed by atoms with Crippen molar-refractivity contribution in [3.05, 3.63) is 24.3 Å². The smallest absolute Gasteiger partial charge is 0.310 e. The van der Waals surface area contributed by atoms with Crippen molar-refractivity contribution in [2.75, 3.05) is 40.0 Å². The minimum atomic E-state index is -3.64. The van der Waals surface area contributed by atoms with Gasteiger partial charge >= 0.3 is 5.97 Å². The van der Waals surface area contributed by atoms with Gasteiger partial charge in [-0.2, -0.15) is 4.31 Å². The van der Waals surface area contributed by atoms with Gasteiger partial charge in [0.1, 0.15) is 12.4 Å². The number of carbonyl (C=O) groups is 1. The highest BCUT2D eigenvalue weighted by Crippen LogP contribution is 2.25. The molecule has 25 heavy (non-hydrogen) atoms. The van der Waals surface area contributed by atoms with Crippen LogP contribution in [0.3, 0.4) is 0 Å². The Kier molecular flexibility index (Phi) is 7.22. The van der Waals surface area contributed by atoms with Crippen LogP contribution in [0, 0.1) is 5.92 Å². The third-order valence-electron chi connectivity index (χ3n) is 4.09. The fourth-order valence-electron chi connectivity index (χ4n) is 2.71. The van der Waals surface area contributed by atoms with Gasteiger partial charge in [-0.15, -0.1) is 0 Å². The fourth-order valence-corrected chi connectivity index (χ4v) is 4.24. The Balaban J connectivity index is 2.00. The second-order valence-electron chi connectivity index (χ2n) is 5.74. The molecule has 0 saturated carbocycles. The molecule has 0 aliphatic carbocycles. The molecule has 1 atom stereocenters. The lowest BCUT2D eigenvalue weighted by atomic mass is 10.0. The minimum absolute atomic E-state index is 0.141. The topological polar surface area (TPSA) is 82.1 Å². The van der Waals surface area contributed by atoms with Crippen molar-refractivity contribution in [1.29, 1.82) is 0 Å². The largest absolute Gasteiger partial charge is 0.497 e. The van der Waals surface area contributed by atoms with Crippen LogP contribution in [0.5, 0.6) is 5.75 Å². The van der Waals surface area contributed by atoms with Gasteiger partial charge in [0.25, 0.3) is 0 Å². The summed E-state index contributed by atoms with van der Waals surface area (Å²) in [6.07, 6.45) is 1.25. The van der Waals surface area contributed by atoms with Crippen LogP contribution in [0.25, 0.3) is 0 Å². The van der Waals surface area contributed by atoms with Gasteiger partial charge in [-0.05, 0) is 44.0 Å². The SMILES string of the molecule is CCOCCOC(=O)C1CCCN(S(=O)(=O)c2ccc(OC)cc2)C1. The lowest BCUT2D eigenvalue weighted by Crippen LogP contribution is -2.42. The summed E-state index contributed by atoms with van der Waals surface area (Å²) in [5, 5.41) is 0. The van der Waals surface area contributed by atoms with Gasteiger partial charge in [0.05, 0.1) is 24.5 Å². The summed E-state index contributed by atoms with van der Waals surface area (Å²) < 4.78 is 42.2. The fraction of sp³-hybridized carbons (Fsp3) is 0.588. The average Bonchev–Trinajstić information content (AvgIpc) is 2.65. The van der Waals surface area contributed by atoms with Crippen LogP contribution in [-0.2, 0) is 24.3 Å². The molecule has 1 aliphatic rings. The number of hydrogen-bond acceptors (Lipinski definition) is 6. The summed E-state index contributed by atoms with van der Waals surface area (Å²) in [5.74, 6) is -0.217. The number of hydrogen-bond donors (Lipinski definition) is 0. The first kappa shape index (κ1) is 19.7. The van der Waals surface area contributed by atoms with E-state index in [4.69, 9.17) is 14.2 Å². The van der Waals surface area contributed by atoms with Gasteiger partial charge in [0.2, 0.25) is 10.0 Å². The zero-order valence-electron chi connectivity index (χ0n) is 14.6. The Labute approximate surface area is 148 Å². The number of benzene rings is 1. The quantitative estimate of drug-likeness (QED) is 0.511. The summed E-state index contributed by atoms with van der Waals surface area (Å²) in [5.41, 5.74) is 0. The molecule has 1 heterocycles. The Morgan fingerprint density at radius 3 is 2.60 bits per heavy atom. The van der Waals surface area contributed by atoms with Crippen LogP contribution in [-0.4, -0.2) is 58.7 Å². The molecular formula is C17H25NO6S. The summed E-state index contributed by atoms with van der Waals surface area (Å²) in [7, 11) is -2.11.